The van der Waals surface area contributed by atoms with Crippen LogP contribution in [0.5, 0.6) is 0 Å². The van der Waals surface area contributed by atoms with E-state index in [0.717, 1.165) is 6.26 Å². The summed E-state index contributed by atoms with van der Waals surface area (Å²) in [6.07, 6.45) is 1.10. The molecule has 0 fully saturated rings. The Balaban J connectivity index is 2.32. The van der Waals surface area contributed by atoms with Crippen LogP contribution in [-0.4, -0.2) is 20.6 Å². The number of amides is 1. The summed E-state index contributed by atoms with van der Waals surface area (Å²) >= 11 is 7.24. The molecule has 0 spiro atoms. The molecule has 1 N–H and O–H groups in total. The van der Waals surface area contributed by atoms with E-state index in [2.05, 4.69) is 5.32 Å². The Bertz CT molecular complexity index is 709. The molecule has 0 unspecified atom stereocenters. The lowest BCUT2D eigenvalue weighted by Gasteiger charge is -2.08. The number of rotatable bonds is 3. The topological polar surface area (TPSA) is 63.2 Å². The highest BCUT2D eigenvalue weighted by Crippen LogP contribution is 2.26. The summed E-state index contributed by atoms with van der Waals surface area (Å²) in [5.41, 5.74) is 0.281. The van der Waals surface area contributed by atoms with Crippen molar-refractivity contribution in [2.45, 2.75) is 4.90 Å². The highest BCUT2D eigenvalue weighted by molar-refractivity contribution is 7.90. The first kappa shape index (κ1) is 14.0. The molecule has 2 rings (SSSR count). The largest absolute Gasteiger partial charge is 0.320 e. The van der Waals surface area contributed by atoms with E-state index in [9.17, 15) is 13.2 Å². The van der Waals surface area contributed by atoms with Crippen LogP contribution in [0.4, 0.5) is 5.69 Å². The fraction of sp³-hybridized carbons (Fsp3) is 0.0833. The van der Waals surface area contributed by atoms with E-state index in [1.54, 1.807) is 17.5 Å². The van der Waals surface area contributed by atoms with Crippen molar-refractivity contribution < 1.29 is 13.2 Å². The number of carbonyl (C=O) groups excluding carboxylic acids is 1. The lowest BCUT2D eigenvalue weighted by molar-refractivity contribution is 0.103. The Morgan fingerprint density at radius 3 is 2.63 bits per heavy atom. The SMILES string of the molecule is CS(=O)(=O)c1ccc(Cl)c(NC(=O)c2cccs2)c1. The van der Waals surface area contributed by atoms with Crippen molar-refractivity contribution in [1.29, 1.82) is 0 Å². The Labute approximate surface area is 119 Å². The number of halogens is 1. The number of hydrogen-bond donors (Lipinski definition) is 1. The number of hydrogen-bond acceptors (Lipinski definition) is 4. The maximum atomic E-state index is 11.9. The first-order valence-electron chi connectivity index (χ1n) is 5.22. The van der Waals surface area contributed by atoms with Crippen LogP contribution >= 0.6 is 22.9 Å². The summed E-state index contributed by atoms with van der Waals surface area (Å²) in [6.45, 7) is 0. The van der Waals surface area contributed by atoms with Crippen LogP contribution in [0.15, 0.2) is 40.6 Å². The number of thiophene rings is 1. The molecule has 19 heavy (non-hydrogen) atoms. The number of anilines is 1. The van der Waals surface area contributed by atoms with Crippen LogP contribution < -0.4 is 5.32 Å². The maximum absolute atomic E-state index is 11.9. The molecule has 0 radical (unpaired) electrons. The highest BCUT2D eigenvalue weighted by Gasteiger charge is 2.13. The zero-order valence-corrected chi connectivity index (χ0v) is 12.3. The van der Waals surface area contributed by atoms with E-state index in [-0.39, 0.29) is 21.5 Å². The fourth-order valence-corrected chi connectivity index (χ4v) is 2.85. The van der Waals surface area contributed by atoms with Gasteiger partial charge in [-0.25, -0.2) is 8.42 Å². The molecule has 0 atom stereocenters. The van der Waals surface area contributed by atoms with Gasteiger partial charge in [-0.2, -0.15) is 0 Å². The van der Waals surface area contributed by atoms with Gasteiger partial charge in [0.2, 0.25) is 0 Å². The van der Waals surface area contributed by atoms with Crippen molar-refractivity contribution in [2.24, 2.45) is 0 Å². The molecular weight excluding hydrogens is 306 g/mol. The summed E-state index contributed by atoms with van der Waals surface area (Å²) in [6, 6.07) is 7.63. The molecule has 100 valence electrons. The molecule has 1 amide bonds. The van der Waals surface area contributed by atoms with Crippen LogP contribution in [0, 0.1) is 0 Å². The van der Waals surface area contributed by atoms with Gasteiger partial charge in [0.25, 0.3) is 5.91 Å². The molecule has 2 aromatic rings. The molecule has 1 heterocycles. The van der Waals surface area contributed by atoms with Crippen molar-refractivity contribution in [1.82, 2.24) is 0 Å². The van der Waals surface area contributed by atoms with E-state index in [0.29, 0.717) is 4.88 Å². The van der Waals surface area contributed by atoms with Crippen molar-refractivity contribution in [3.05, 3.63) is 45.6 Å². The van der Waals surface area contributed by atoms with E-state index < -0.39 is 9.84 Å². The van der Waals surface area contributed by atoms with Crippen LogP contribution in [-0.2, 0) is 9.84 Å². The standard InChI is InChI=1S/C12H10ClNO3S2/c1-19(16,17)8-4-5-9(13)10(7-8)14-12(15)11-3-2-6-18-11/h2-7H,1H3,(H,14,15). The molecule has 0 aliphatic heterocycles. The second kappa shape index (κ2) is 5.32. The number of carbonyl (C=O) groups is 1. The van der Waals surface area contributed by atoms with Crippen LogP contribution in [0.2, 0.25) is 5.02 Å². The summed E-state index contributed by atoms with van der Waals surface area (Å²) in [4.78, 5) is 12.5. The van der Waals surface area contributed by atoms with Crippen LogP contribution in [0.3, 0.4) is 0 Å². The molecule has 0 saturated heterocycles. The molecule has 4 nitrogen and oxygen atoms in total. The zero-order valence-electron chi connectivity index (χ0n) is 9.88. The van der Waals surface area contributed by atoms with E-state index in [4.69, 9.17) is 11.6 Å². The van der Waals surface area contributed by atoms with Gasteiger partial charge in [-0.3, -0.25) is 4.79 Å². The molecular formula is C12H10ClNO3S2. The lowest BCUT2D eigenvalue weighted by Crippen LogP contribution is -2.11. The smallest absolute Gasteiger partial charge is 0.265 e. The molecule has 0 aliphatic rings. The molecule has 0 aliphatic carbocycles. The average Bonchev–Trinajstić information content (AvgIpc) is 2.84. The number of nitrogens with one attached hydrogen (secondary N) is 1. The Morgan fingerprint density at radius 2 is 2.05 bits per heavy atom. The summed E-state index contributed by atoms with van der Waals surface area (Å²) in [5.74, 6) is -0.317. The van der Waals surface area contributed by atoms with Gasteiger partial charge >= 0.3 is 0 Å². The number of benzene rings is 1. The van der Waals surface area contributed by atoms with Crippen molar-refractivity contribution >= 4 is 44.4 Å². The van der Waals surface area contributed by atoms with Gasteiger partial charge in [-0.1, -0.05) is 17.7 Å². The van der Waals surface area contributed by atoms with Crippen molar-refractivity contribution in [2.75, 3.05) is 11.6 Å². The van der Waals surface area contributed by atoms with Gasteiger partial charge in [-0.15, -0.1) is 11.3 Å². The van der Waals surface area contributed by atoms with Crippen molar-refractivity contribution in [3.8, 4) is 0 Å². The second-order valence-corrected chi connectivity index (χ2v) is 7.22. The summed E-state index contributed by atoms with van der Waals surface area (Å²) in [5, 5.41) is 4.67. The molecule has 0 bridgehead atoms. The monoisotopic (exact) mass is 315 g/mol. The van der Waals surface area contributed by atoms with Gasteiger partial charge < -0.3 is 5.32 Å². The van der Waals surface area contributed by atoms with Crippen LogP contribution in [0.25, 0.3) is 0 Å². The van der Waals surface area contributed by atoms with Crippen LogP contribution in [0.1, 0.15) is 9.67 Å². The minimum atomic E-state index is -3.34. The summed E-state index contributed by atoms with van der Waals surface area (Å²) in [7, 11) is -3.34. The van der Waals surface area contributed by atoms with Gasteiger partial charge in [0.15, 0.2) is 9.84 Å². The first-order chi connectivity index (χ1) is 8.88. The normalized spacial score (nSPS) is 11.3. The third-order valence-corrected chi connectivity index (χ3v) is 4.67. The van der Waals surface area contributed by atoms with Crippen molar-refractivity contribution in [3.63, 3.8) is 0 Å². The Hall–Kier alpha value is -1.37. The highest BCUT2D eigenvalue weighted by atomic mass is 35.5. The zero-order chi connectivity index (χ0) is 14.0. The second-order valence-electron chi connectivity index (χ2n) is 3.85. The lowest BCUT2D eigenvalue weighted by atomic mass is 10.3. The van der Waals surface area contributed by atoms with Gasteiger partial charge in [0.1, 0.15) is 0 Å². The maximum Gasteiger partial charge on any atom is 0.265 e. The molecule has 7 heteroatoms. The minimum absolute atomic E-state index is 0.110. The predicted octanol–water partition coefficient (Wildman–Crippen LogP) is 3.06. The molecule has 1 aromatic heterocycles. The van der Waals surface area contributed by atoms with Gasteiger partial charge in [0.05, 0.1) is 20.5 Å². The van der Waals surface area contributed by atoms with Gasteiger partial charge in [0, 0.05) is 6.26 Å². The third kappa shape index (κ3) is 3.34. The first-order valence-corrected chi connectivity index (χ1v) is 8.37. The predicted molar refractivity (Wildman–Crippen MR) is 76.8 cm³/mol. The quantitative estimate of drug-likeness (QED) is 0.946. The Morgan fingerprint density at radius 1 is 1.32 bits per heavy atom. The fourth-order valence-electron chi connectivity index (χ4n) is 1.42. The molecule has 0 saturated carbocycles. The average molecular weight is 316 g/mol. The van der Waals surface area contributed by atoms with E-state index >= 15 is 0 Å². The summed E-state index contributed by atoms with van der Waals surface area (Å²) < 4.78 is 22.9. The molecule has 1 aromatic carbocycles. The minimum Gasteiger partial charge on any atom is -0.320 e. The van der Waals surface area contributed by atoms with Gasteiger partial charge in [-0.05, 0) is 29.6 Å². The van der Waals surface area contributed by atoms with E-state index in [1.165, 1.54) is 29.5 Å². The van der Waals surface area contributed by atoms with E-state index in [1.807, 2.05) is 0 Å². The Kier molecular flexibility index (Phi) is 3.93. The third-order valence-electron chi connectivity index (χ3n) is 2.36. The number of sulfone groups is 1.